The third-order valence-electron chi connectivity index (χ3n) is 3.34. The maximum atomic E-state index is 6.00. The molecular weight excluding hydrogens is 254 g/mol. The highest BCUT2D eigenvalue weighted by Crippen LogP contribution is 2.26. The number of hydrogen-bond acceptors (Lipinski definition) is 5. The molecule has 1 aromatic heterocycles. The van der Waals surface area contributed by atoms with Crippen LogP contribution in [0.2, 0.25) is 0 Å². The molecule has 0 bridgehead atoms. The molecule has 1 aliphatic rings. The van der Waals surface area contributed by atoms with Crippen molar-refractivity contribution in [2.45, 2.75) is 52.6 Å². The van der Waals surface area contributed by atoms with Crippen molar-refractivity contribution in [3.63, 3.8) is 0 Å². The van der Waals surface area contributed by atoms with E-state index in [4.69, 9.17) is 9.47 Å². The highest BCUT2D eigenvalue weighted by Gasteiger charge is 2.21. The SMILES string of the molecule is CCCNc1nc(C(C)C)nc(OC2CCOC2)c1C. The molecule has 1 aliphatic heterocycles. The van der Waals surface area contributed by atoms with Crippen molar-refractivity contribution < 1.29 is 9.47 Å². The summed E-state index contributed by atoms with van der Waals surface area (Å²) < 4.78 is 11.4. The molecule has 1 fully saturated rings. The fraction of sp³-hybridized carbons (Fsp3) is 0.733. The fourth-order valence-corrected chi connectivity index (χ4v) is 2.06. The normalized spacial score (nSPS) is 18.6. The first-order chi connectivity index (χ1) is 9.61. The number of hydrogen-bond donors (Lipinski definition) is 1. The summed E-state index contributed by atoms with van der Waals surface area (Å²) in [5, 5.41) is 3.36. The van der Waals surface area contributed by atoms with Gasteiger partial charge < -0.3 is 14.8 Å². The molecular formula is C15H25N3O2. The summed E-state index contributed by atoms with van der Waals surface area (Å²) in [6.07, 6.45) is 2.10. The van der Waals surface area contributed by atoms with Gasteiger partial charge in [-0.1, -0.05) is 20.8 Å². The van der Waals surface area contributed by atoms with Crippen LogP contribution in [0, 0.1) is 6.92 Å². The lowest BCUT2D eigenvalue weighted by Crippen LogP contribution is -2.19. The van der Waals surface area contributed by atoms with Crippen LogP contribution in [0.25, 0.3) is 0 Å². The van der Waals surface area contributed by atoms with Crippen molar-refractivity contribution in [2.24, 2.45) is 0 Å². The number of rotatable bonds is 6. The van der Waals surface area contributed by atoms with E-state index in [9.17, 15) is 0 Å². The maximum Gasteiger partial charge on any atom is 0.222 e. The molecule has 1 saturated heterocycles. The van der Waals surface area contributed by atoms with Crippen molar-refractivity contribution in [3.8, 4) is 5.88 Å². The zero-order valence-corrected chi connectivity index (χ0v) is 12.9. The third kappa shape index (κ3) is 3.60. The van der Waals surface area contributed by atoms with E-state index in [1.165, 1.54) is 0 Å². The lowest BCUT2D eigenvalue weighted by molar-refractivity contribution is 0.137. The Bertz CT molecular complexity index is 443. The average Bonchev–Trinajstić information content (AvgIpc) is 2.92. The molecule has 0 radical (unpaired) electrons. The maximum absolute atomic E-state index is 6.00. The molecule has 1 atom stereocenters. The summed E-state index contributed by atoms with van der Waals surface area (Å²) >= 11 is 0. The molecule has 0 aliphatic carbocycles. The van der Waals surface area contributed by atoms with E-state index in [-0.39, 0.29) is 12.0 Å². The minimum atomic E-state index is 0.114. The molecule has 112 valence electrons. The molecule has 2 heterocycles. The van der Waals surface area contributed by atoms with Gasteiger partial charge in [0.25, 0.3) is 0 Å². The molecule has 0 aromatic carbocycles. The van der Waals surface area contributed by atoms with E-state index in [1.807, 2.05) is 6.92 Å². The van der Waals surface area contributed by atoms with Crippen LogP contribution in [-0.4, -0.2) is 35.8 Å². The quantitative estimate of drug-likeness (QED) is 0.867. The minimum absolute atomic E-state index is 0.114. The number of anilines is 1. The third-order valence-corrected chi connectivity index (χ3v) is 3.34. The van der Waals surface area contributed by atoms with Gasteiger partial charge in [-0.2, -0.15) is 4.98 Å². The van der Waals surface area contributed by atoms with E-state index < -0.39 is 0 Å². The predicted molar refractivity (Wildman–Crippen MR) is 79.5 cm³/mol. The molecule has 1 unspecified atom stereocenters. The summed E-state index contributed by atoms with van der Waals surface area (Å²) in [6.45, 7) is 10.7. The van der Waals surface area contributed by atoms with Gasteiger partial charge in [0.1, 0.15) is 17.7 Å². The number of nitrogens with one attached hydrogen (secondary N) is 1. The topological polar surface area (TPSA) is 56.3 Å². The number of ether oxygens (including phenoxy) is 2. The van der Waals surface area contributed by atoms with Gasteiger partial charge in [0, 0.05) is 18.9 Å². The highest BCUT2D eigenvalue weighted by molar-refractivity contribution is 5.48. The van der Waals surface area contributed by atoms with Gasteiger partial charge in [-0.25, -0.2) is 4.98 Å². The molecule has 1 aromatic rings. The Hall–Kier alpha value is -1.36. The minimum Gasteiger partial charge on any atom is -0.471 e. The van der Waals surface area contributed by atoms with E-state index >= 15 is 0 Å². The zero-order chi connectivity index (χ0) is 14.5. The molecule has 1 N–H and O–H groups in total. The Morgan fingerprint density at radius 2 is 2.20 bits per heavy atom. The van der Waals surface area contributed by atoms with Gasteiger partial charge in [-0.05, 0) is 13.3 Å². The van der Waals surface area contributed by atoms with Crippen molar-refractivity contribution >= 4 is 5.82 Å². The van der Waals surface area contributed by atoms with E-state index in [1.54, 1.807) is 0 Å². The summed E-state index contributed by atoms with van der Waals surface area (Å²) in [4.78, 5) is 9.19. The molecule has 5 heteroatoms. The monoisotopic (exact) mass is 279 g/mol. The van der Waals surface area contributed by atoms with Crippen molar-refractivity contribution in [2.75, 3.05) is 25.1 Å². The molecule has 0 amide bonds. The van der Waals surface area contributed by atoms with Gasteiger partial charge in [0.05, 0.1) is 18.8 Å². The summed E-state index contributed by atoms with van der Waals surface area (Å²) in [7, 11) is 0. The Labute approximate surface area is 121 Å². The first kappa shape index (κ1) is 15.0. The van der Waals surface area contributed by atoms with Crippen molar-refractivity contribution in [1.82, 2.24) is 9.97 Å². The second-order valence-electron chi connectivity index (χ2n) is 5.55. The summed E-state index contributed by atoms with van der Waals surface area (Å²) in [6, 6.07) is 0. The van der Waals surface area contributed by atoms with Gasteiger partial charge in [0.15, 0.2) is 0 Å². The fourth-order valence-electron chi connectivity index (χ4n) is 2.06. The Morgan fingerprint density at radius 1 is 1.40 bits per heavy atom. The Morgan fingerprint density at radius 3 is 2.80 bits per heavy atom. The van der Waals surface area contributed by atoms with Crippen molar-refractivity contribution in [1.29, 1.82) is 0 Å². The van der Waals surface area contributed by atoms with Crippen LogP contribution in [0.4, 0.5) is 5.82 Å². The molecule has 20 heavy (non-hydrogen) atoms. The smallest absolute Gasteiger partial charge is 0.222 e. The summed E-state index contributed by atoms with van der Waals surface area (Å²) in [5.41, 5.74) is 0.981. The lowest BCUT2D eigenvalue weighted by atomic mass is 10.2. The second-order valence-corrected chi connectivity index (χ2v) is 5.55. The predicted octanol–water partition coefficient (Wildman–Crippen LogP) is 2.90. The number of nitrogens with zero attached hydrogens (tertiary/aromatic N) is 2. The highest BCUT2D eigenvalue weighted by atomic mass is 16.5. The van der Waals surface area contributed by atoms with Crippen LogP contribution in [0.5, 0.6) is 5.88 Å². The van der Waals surface area contributed by atoms with Crippen LogP contribution in [0.3, 0.4) is 0 Å². The molecule has 2 rings (SSSR count). The van der Waals surface area contributed by atoms with Crippen LogP contribution >= 0.6 is 0 Å². The molecule has 5 nitrogen and oxygen atoms in total. The van der Waals surface area contributed by atoms with Crippen LogP contribution in [0.15, 0.2) is 0 Å². The van der Waals surface area contributed by atoms with Gasteiger partial charge in [-0.3, -0.25) is 0 Å². The van der Waals surface area contributed by atoms with E-state index in [0.29, 0.717) is 12.5 Å². The van der Waals surface area contributed by atoms with Crippen LogP contribution in [0.1, 0.15) is 50.9 Å². The van der Waals surface area contributed by atoms with E-state index in [0.717, 1.165) is 43.2 Å². The standard InChI is InChI=1S/C15H25N3O2/c1-5-7-16-14-11(4)15(18-13(17-14)10(2)3)20-12-6-8-19-9-12/h10,12H,5-9H2,1-4H3,(H,16,17,18). The summed E-state index contributed by atoms with van der Waals surface area (Å²) in [5.74, 6) is 2.68. The Kier molecular flexibility index (Phi) is 5.17. The van der Waals surface area contributed by atoms with Crippen molar-refractivity contribution in [3.05, 3.63) is 11.4 Å². The molecule has 0 spiro atoms. The van der Waals surface area contributed by atoms with Gasteiger partial charge in [0.2, 0.25) is 5.88 Å². The number of aromatic nitrogens is 2. The first-order valence-electron chi connectivity index (χ1n) is 7.48. The van der Waals surface area contributed by atoms with Gasteiger partial charge in [-0.15, -0.1) is 0 Å². The lowest BCUT2D eigenvalue weighted by Gasteiger charge is -2.18. The van der Waals surface area contributed by atoms with Gasteiger partial charge >= 0.3 is 0 Å². The first-order valence-corrected chi connectivity index (χ1v) is 7.48. The zero-order valence-electron chi connectivity index (χ0n) is 12.9. The average molecular weight is 279 g/mol. The van der Waals surface area contributed by atoms with Crippen LogP contribution < -0.4 is 10.1 Å². The largest absolute Gasteiger partial charge is 0.471 e. The molecule has 0 saturated carbocycles. The Balaban J connectivity index is 2.24. The second kappa shape index (κ2) is 6.88. The van der Waals surface area contributed by atoms with Crippen LogP contribution in [-0.2, 0) is 4.74 Å². The van der Waals surface area contributed by atoms with E-state index in [2.05, 4.69) is 36.1 Å².